The molecule has 0 amide bonds. The van der Waals surface area contributed by atoms with Crippen molar-refractivity contribution in [3.8, 4) is 0 Å². The number of nitrogens with one attached hydrogen (secondary N) is 2. The summed E-state index contributed by atoms with van der Waals surface area (Å²) in [6.07, 6.45) is 1.95. The normalized spacial score (nSPS) is 13.8. The molecule has 0 aliphatic rings. The number of hydrogen-bond donors (Lipinski definition) is 2. The van der Waals surface area contributed by atoms with Gasteiger partial charge < -0.3 is 5.32 Å². The van der Waals surface area contributed by atoms with Crippen LogP contribution in [-0.2, 0) is 16.4 Å². The molecular formula is C33H46N2O2S. The van der Waals surface area contributed by atoms with Crippen LogP contribution in [0, 0.1) is 0 Å². The molecule has 2 N–H and O–H groups in total. The lowest BCUT2D eigenvalue weighted by atomic mass is 9.89. The van der Waals surface area contributed by atoms with E-state index in [-0.39, 0.29) is 23.9 Å². The van der Waals surface area contributed by atoms with Gasteiger partial charge in [-0.15, -0.1) is 0 Å². The van der Waals surface area contributed by atoms with Crippen molar-refractivity contribution in [2.45, 2.75) is 96.0 Å². The first-order valence-corrected chi connectivity index (χ1v) is 15.5. The van der Waals surface area contributed by atoms with Gasteiger partial charge in [0.25, 0.3) is 0 Å². The van der Waals surface area contributed by atoms with Crippen LogP contribution in [0.25, 0.3) is 0 Å². The Hall–Kier alpha value is -2.47. The fourth-order valence-electron chi connectivity index (χ4n) is 5.01. The highest BCUT2D eigenvalue weighted by Gasteiger charge is 2.30. The van der Waals surface area contributed by atoms with Crippen molar-refractivity contribution in [3.63, 3.8) is 0 Å². The lowest BCUT2D eigenvalue weighted by Gasteiger charge is -2.29. The van der Waals surface area contributed by atoms with Crippen LogP contribution in [0.5, 0.6) is 0 Å². The van der Waals surface area contributed by atoms with E-state index in [1.54, 1.807) is 0 Å². The lowest BCUT2D eigenvalue weighted by molar-refractivity contribution is 0.431. The SMILES string of the molecule is CC(C)c1cc(C(C)C)c(S(=O)(=O)N[C@H](C)[C@@H](NCCCc2ccccc2)c2ccccc2)c(C(C)C)c1. The van der Waals surface area contributed by atoms with Crippen LogP contribution in [0.15, 0.2) is 77.7 Å². The van der Waals surface area contributed by atoms with E-state index in [1.165, 1.54) is 11.1 Å². The van der Waals surface area contributed by atoms with Gasteiger partial charge in [-0.1, -0.05) is 114 Å². The van der Waals surface area contributed by atoms with E-state index in [0.717, 1.165) is 36.1 Å². The van der Waals surface area contributed by atoms with E-state index in [4.69, 9.17) is 0 Å². The summed E-state index contributed by atoms with van der Waals surface area (Å²) in [4.78, 5) is 0.453. The first-order valence-electron chi connectivity index (χ1n) is 14.0. The molecule has 0 bridgehead atoms. The largest absolute Gasteiger partial charge is 0.309 e. The Labute approximate surface area is 231 Å². The summed E-state index contributed by atoms with van der Waals surface area (Å²) in [7, 11) is -3.77. The molecule has 3 rings (SSSR count). The summed E-state index contributed by atoms with van der Waals surface area (Å²) in [6, 6.07) is 24.3. The summed E-state index contributed by atoms with van der Waals surface area (Å²) < 4.78 is 31.3. The summed E-state index contributed by atoms with van der Waals surface area (Å²) in [6.45, 7) is 15.4. The maximum absolute atomic E-state index is 14.1. The van der Waals surface area contributed by atoms with Crippen LogP contribution in [0.3, 0.4) is 0 Å². The molecule has 0 aliphatic heterocycles. The number of benzene rings is 3. The van der Waals surface area contributed by atoms with E-state index in [1.807, 2.05) is 31.2 Å². The molecule has 0 radical (unpaired) electrons. The van der Waals surface area contributed by atoms with E-state index < -0.39 is 10.0 Å². The molecule has 3 aromatic rings. The second kappa shape index (κ2) is 13.5. The van der Waals surface area contributed by atoms with Crippen LogP contribution in [0.2, 0.25) is 0 Å². The summed E-state index contributed by atoms with van der Waals surface area (Å²) >= 11 is 0. The first kappa shape index (κ1) is 30.1. The summed E-state index contributed by atoms with van der Waals surface area (Å²) in [5, 5.41) is 3.65. The molecule has 2 atom stereocenters. The predicted octanol–water partition coefficient (Wildman–Crippen LogP) is 7.69. The highest BCUT2D eigenvalue weighted by atomic mass is 32.2. The second-order valence-corrected chi connectivity index (χ2v) is 13.0. The molecule has 0 unspecified atom stereocenters. The van der Waals surface area contributed by atoms with Gasteiger partial charge in [0.05, 0.1) is 4.90 Å². The fourth-order valence-corrected chi connectivity index (χ4v) is 6.96. The number of sulfonamides is 1. The summed E-state index contributed by atoms with van der Waals surface area (Å²) in [5.74, 6) is 0.513. The number of rotatable bonds is 13. The zero-order chi connectivity index (χ0) is 27.9. The van der Waals surface area contributed by atoms with Crippen LogP contribution in [0.4, 0.5) is 0 Å². The monoisotopic (exact) mass is 534 g/mol. The van der Waals surface area contributed by atoms with Gasteiger partial charge >= 0.3 is 0 Å². The quantitative estimate of drug-likeness (QED) is 0.221. The van der Waals surface area contributed by atoms with E-state index in [0.29, 0.717) is 10.8 Å². The fraction of sp³-hybridized carbons (Fsp3) is 0.455. The molecule has 0 fully saturated rings. The Balaban J connectivity index is 1.89. The van der Waals surface area contributed by atoms with Crippen molar-refractivity contribution in [3.05, 3.63) is 101 Å². The Kier molecular flexibility index (Phi) is 10.7. The third-order valence-corrected chi connectivity index (χ3v) is 8.89. The second-order valence-electron chi connectivity index (χ2n) is 11.3. The Morgan fingerprint density at radius 1 is 0.684 bits per heavy atom. The van der Waals surface area contributed by atoms with Crippen LogP contribution in [-0.4, -0.2) is 21.0 Å². The molecule has 3 aromatic carbocycles. The molecule has 5 heteroatoms. The molecule has 0 spiro atoms. The number of aryl methyl sites for hydroxylation is 1. The van der Waals surface area contributed by atoms with Gasteiger partial charge in [0, 0.05) is 12.1 Å². The van der Waals surface area contributed by atoms with Crippen molar-refractivity contribution in [2.24, 2.45) is 0 Å². The highest BCUT2D eigenvalue weighted by Crippen LogP contribution is 2.35. The van der Waals surface area contributed by atoms with Crippen molar-refractivity contribution in [1.82, 2.24) is 10.0 Å². The molecule has 0 heterocycles. The number of hydrogen-bond acceptors (Lipinski definition) is 3. The maximum atomic E-state index is 14.1. The van der Waals surface area contributed by atoms with Crippen LogP contribution in [0.1, 0.15) is 106 Å². The molecule has 4 nitrogen and oxygen atoms in total. The van der Waals surface area contributed by atoms with Gasteiger partial charge in [-0.3, -0.25) is 0 Å². The highest BCUT2D eigenvalue weighted by molar-refractivity contribution is 7.89. The van der Waals surface area contributed by atoms with Gasteiger partial charge in [-0.2, -0.15) is 0 Å². The van der Waals surface area contributed by atoms with E-state index >= 15 is 0 Å². The summed E-state index contributed by atoms with van der Waals surface area (Å²) in [5.41, 5.74) is 5.36. The predicted molar refractivity (Wildman–Crippen MR) is 160 cm³/mol. The van der Waals surface area contributed by atoms with Crippen LogP contribution < -0.4 is 10.0 Å². The van der Waals surface area contributed by atoms with Crippen LogP contribution >= 0.6 is 0 Å². The lowest BCUT2D eigenvalue weighted by Crippen LogP contribution is -2.43. The van der Waals surface area contributed by atoms with Crippen molar-refractivity contribution in [1.29, 1.82) is 0 Å². The molecule has 0 saturated heterocycles. The van der Waals surface area contributed by atoms with E-state index in [2.05, 4.69) is 100 Å². The zero-order valence-corrected chi connectivity index (χ0v) is 25.0. The van der Waals surface area contributed by atoms with E-state index in [9.17, 15) is 8.42 Å². The van der Waals surface area contributed by atoms with Crippen molar-refractivity contribution < 1.29 is 8.42 Å². The Morgan fingerprint density at radius 3 is 1.71 bits per heavy atom. The molecule has 0 saturated carbocycles. The van der Waals surface area contributed by atoms with Gasteiger partial charge in [-0.05, 0) is 71.9 Å². The van der Waals surface area contributed by atoms with Gasteiger partial charge in [0.2, 0.25) is 10.0 Å². The minimum absolute atomic E-state index is 0.0918. The third kappa shape index (κ3) is 7.78. The molecule has 0 aliphatic carbocycles. The standard InChI is InChI=1S/C33H46N2O2S/c1-23(2)29-21-30(24(3)4)33(31(22-29)25(5)6)38(36,37)35-26(7)32(28-18-12-9-13-19-28)34-20-14-17-27-15-10-8-11-16-27/h8-13,15-16,18-19,21-26,32,34-35H,14,17,20H2,1-7H3/t26-,32-/m1/s1. The minimum Gasteiger partial charge on any atom is -0.309 e. The zero-order valence-electron chi connectivity index (χ0n) is 24.2. The average molecular weight is 535 g/mol. The first-order chi connectivity index (χ1) is 18.0. The molecule has 0 aromatic heterocycles. The smallest absolute Gasteiger partial charge is 0.241 e. The van der Waals surface area contributed by atoms with Gasteiger partial charge in [0.15, 0.2) is 0 Å². The molecule has 38 heavy (non-hydrogen) atoms. The topological polar surface area (TPSA) is 58.2 Å². The Bertz CT molecular complexity index is 1220. The maximum Gasteiger partial charge on any atom is 0.241 e. The average Bonchev–Trinajstić information content (AvgIpc) is 2.88. The van der Waals surface area contributed by atoms with Gasteiger partial charge in [0.1, 0.15) is 0 Å². The minimum atomic E-state index is -3.77. The van der Waals surface area contributed by atoms with Crippen molar-refractivity contribution >= 4 is 10.0 Å². The molecule has 206 valence electrons. The Morgan fingerprint density at radius 2 is 1.21 bits per heavy atom. The third-order valence-electron chi connectivity index (χ3n) is 7.20. The van der Waals surface area contributed by atoms with Crippen molar-refractivity contribution in [2.75, 3.05) is 6.54 Å². The molecular weight excluding hydrogens is 488 g/mol. The van der Waals surface area contributed by atoms with Gasteiger partial charge in [-0.25, -0.2) is 13.1 Å².